The van der Waals surface area contributed by atoms with Gasteiger partial charge >= 0.3 is 0 Å². The Morgan fingerprint density at radius 2 is 2.12 bits per heavy atom. The number of thioether (sulfide) groups is 1. The molecule has 1 rings (SSSR count). The van der Waals surface area contributed by atoms with Crippen molar-refractivity contribution in [1.82, 2.24) is 0 Å². The minimum atomic E-state index is -1.00. The lowest BCUT2D eigenvalue weighted by Gasteiger charge is -2.15. The molecule has 0 fully saturated rings. The molecule has 2 nitrogen and oxygen atoms in total. The second-order valence-electron chi connectivity index (χ2n) is 3.65. The van der Waals surface area contributed by atoms with Crippen LogP contribution >= 0.6 is 24.0 Å². The van der Waals surface area contributed by atoms with Crippen molar-refractivity contribution < 1.29 is 8.78 Å². The van der Waals surface area contributed by atoms with Gasteiger partial charge in [0.25, 0.3) is 0 Å². The molecule has 0 aromatic heterocycles. The van der Waals surface area contributed by atoms with Gasteiger partial charge in [-0.25, -0.2) is 8.78 Å². The van der Waals surface area contributed by atoms with E-state index in [-0.39, 0.29) is 22.3 Å². The zero-order chi connectivity index (χ0) is 13.0. The first-order chi connectivity index (χ1) is 7.97. The molecule has 0 aliphatic heterocycles. The first-order valence-electron chi connectivity index (χ1n) is 5.00. The number of nitrogens with two attached hydrogens (primary N) is 1. The third-order valence-corrected chi connectivity index (χ3v) is 3.22. The van der Waals surface area contributed by atoms with Crippen molar-refractivity contribution in [2.24, 2.45) is 5.73 Å². The summed E-state index contributed by atoms with van der Waals surface area (Å²) in [5, 5.41) is 2.90. The average molecular weight is 276 g/mol. The number of halogens is 2. The van der Waals surface area contributed by atoms with Crippen LogP contribution in [0.25, 0.3) is 0 Å². The summed E-state index contributed by atoms with van der Waals surface area (Å²) < 4.78 is 27.2. The predicted molar refractivity (Wildman–Crippen MR) is 73.7 cm³/mol. The highest BCUT2D eigenvalue weighted by atomic mass is 32.2. The summed E-state index contributed by atoms with van der Waals surface area (Å²) in [6, 6.07) is 2.88. The molecule has 17 heavy (non-hydrogen) atoms. The van der Waals surface area contributed by atoms with Crippen LogP contribution < -0.4 is 11.1 Å². The van der Waals surface area contributed by atoms with Gasteiger partial charge in [0, 0.05) is 17.4 Å². The molecule has 0 saturated carbocycles. The van der Waals surface area contributed by atoms with E-state index in [0.717, 1.165) is 5.75 Å². The molecular formula is C11H14F2N2S2. The maximum Gasteiger partial charge on any atom is 0.182 e. The molecule has 0 aliphatic carbocycles. The maximum absolute atomic E-state index is 13.7. The number of benzene rings is 1. The lowest BCUT2D eigenvalue weighted by atomic mass is 10.1. The van der Waals surface area contributed by atoms with E-state index in [1.165, 1.54) is 12.1 Å². The summed E-state index contributed by atoms with van der Waals surface area (Å²) in [5.74, 6) is -1.14. The molecule has 3 N–H and O–H groups in total. The number of hydrogen-bond donors (Lipinski definition) is 2. The monoisotopic (exact) mass is 276 g/mol. The molecule has 0 spiro atoms. The van der Waals surface area contributed by atoms with Gasteiger partial charge in [-0.15, -0.1) is 0 Å². The number of hydrogen-bond acceptors (Lipinski definition) is 3. The lowest BCUT2D eigenvalue weighted by molar-refractivity contribution is 0.509. The molecule has 1 atom stereocenters. The van der Waals surface area contributed by atoms with Gasteiger partial charge in [0.05, 0.1) is 5.69 Å². The van der Waals surface area contributed by atoms with Crippen LogP contribution in [0.3, 0.4) is 0 Å². The smallest absolute Gasteiger partial charge is 0.182 e. The Labute approximate surface area is 109 Å². The van der Waals surface area contributed by atoms with Crippen LogP contribution in [0.4, 0.5) is 14.5 Å². The van der Waals surface area contributed by atoms with Crippen molar-refractivity contribution in [1.29, 1.82) is 0 Å². The third kappa shape index (κ3) is 3.54. The highest BCUT2D eigenvalue weighted by Crippen LogP contribution is 2.21. The quantitative estimate of drug-likeness (QED) is 0.811. The first kappa shape index (κ1) is 14.2. The van der Waals surface area contributed by atoms with Gasteiger partial charge < -0.3 is 11.1 Å². The zero-order valence-corrected chi connectivity index (χ0v) is 11.2. The van der Waals surface area contributed by atoms with Crippen molar-refractivity contribution >= 4 is 34.7 Å². The van der Waals surface area contributed by atoms with Crippen molar-refractivity contribution in [3.8, 4) is 0 Å². The van der Waals surface area contributed by atoms with Gasteiger partial charge in [0.1, 0.15) is 4.99 Å². The summed E-state index contributed by atoms with van der Waals surface area (Å²) in [4.78, 5) is -0.148. The van der Waals surface area contributed by atoms with E-state index in [0.29, 0.717) is 0 Å². The second kappa shape index (κ2) is 6.16. The Kier molecular flexibility index (Phi) is 5.14. The maximum atomic E-state index is 13.7. The summed E-state index contributed by atoms with van der Waals surface area (Å²) in [5.41, 5.74) is 5.34. The first-order valence-corrected chi connectivity index (χ1v) is 6.80. The molecule has 1 aromatic rings. The van der Waals surface area contributed by atoms with E-state index >= 15 is 0 Å². The summed E-state index contributed by atoms with van der Waals surface area (Å²) in [6.45, 7) is 1.90. The van der Waals surface area contributed by atoms with Crippen molar-refractivity contribution in [3.05, 3.63) is 29.3 Å². The van der Waals surface area contributed by atoms with Crippen LogP contribution in [-0.2, 0) is 0 Å². The minimum absolute atomic E-state index is 0.0505. The Balaban J connectivity index is 2.96. The Morgan fingerprint density at radius 1 is 1.47 bits per heavy atom. The third-order valence-electron chi connectivity index (χ3n) is 2.17. The van der Waals surface area contributed by atoms with E-state index in [1.54, 1.807) is 11.8 Å². The molecule has 0 amide bonds. The van der Waals surface area contributed by atoms with Gasteiger partial charge in [-0.3, -0.25) is 0 Å². The van der Waals surface area contributed by atoms with E-state index in [1.807, 2.05) is 13.2 Å². The zero-order valence-electron chi connectivity index (χ0n) is 9.59. The SMILES string of the molecule is CSCC(C)Nc1ccc(C(N)=S)c(F)c1F. The van der Waals surface area contributed by atoms with E-state index in [9.17, 15) is 8.78 Å². The molecule has 0 aliphatic rings. The molecule has 0 bridgehead atoms. The molecule has 0 radical (unpaired) electrons. The lowest BCUT2D eigenvalue weighted by Crippen LogP contribution is -2.20. The Bertz CT molecular complexity index is 424. The largest absolute Gasteiger partial charge is 0.389 e. The molecule has 1 unspecified atom stereocenters. The van der Waals surface area contributed by atoms with Crippen molar-refractivity contribution in [2.45, 2.75) is 13.0 Å². The van der Waals surface area contributed by atoms with Gasteiger partial charge in [-0.05, 0) is 25.3 Å². The van der Waals surface area contributed by atoms with E-state index < -0.39 is 11.6 Å². The Morgan fingerprint density at radius 3 is 2.65 bits per heavy atom. The highest BCUT2D eigenvalue weighted by Gasteiger charge is 2.15. The van der Waals surface area contributed by atoms with Crippen LogP contribution in [-0.4, -0.2) is 23.0 Å². The summed E-state index contributed by atoms with van der Waals surface area (Å²) >= 11 is 6.26. The van der Waals surface area contributed by atoms with Gasteiger partial charge in [0.15, 0.2) is 11.6 Å². The molecular weight excluding hydrogens is 262 g/mol. The number of thiocarbonyl (C=S) groups is 1. The van der Waals surface area contributed by atoms with Gasteiger partial charge in [-0.1, -0.05) is 12.2 Å². The fourth-order valence-electron chi connectivity index (χ4n) is 1.41. The van der Waals surface area contributed by atoms with Crippen LogP contribution in [0.5, 0.6) is 0 Å². The van der Waals surface area contributed by atoms with Crippen LogP contribution in [0, 0.1) is 11.6 Å². The number of anilines is 1. The number of rotatable bonds is 5. The highest BCUT2D eigenvalue weighted by molar-refractivity contribution is 7.98. The standard InChI is InChI=1S/C11H14F2N2S2/c1-6(5-17-2)15-8-4-3-7(11(14)16)9(12)10(8)13/h3-4,6,15H,5H2,1-2H3,(H2,14,16). The molecule has 94 valence electrons. The van der Waals surface area contributed by atoms with Gasteiger partial charge in [-0.2, -0.15) is 11.8 Å². The van der Waals surface area contributed by atoms with Crippen molar-refractivity contribution in [2.75, 3.05) is 17.3 Å². The fourth-order valence-corrected chi connectivity index (χ4v) is 2.15. The van der Waals surface area contributed by atoms with Crippen LogP contribution in [0.2, 0.25) is 0 Å². The van der Waals surface area contributed by atoms with Crippen LogP contribution in [0.1, 0.15) is 12.5 Å². The Hall–Kier alpha value is -0.880. The fraction of sp³-hybridized carbons (Fsp3) is 0.364. The summed E-state index contributed by atoms with van der Waals surface area (Å²) in [6.07, 6.45) is 1.95. The van der Waals surface area contributed by atoms with Crippen molar-refractivity contribution in [3.63, 3.8) is 0 Å². The molecule has 0 heterocycles. The van der Waals surface area contributed by atoms with E-state index in [2.05, 4.69) is 17.5 Å². The molecule has 1 aromatic carbocycles. The normalized spacial score (nSPS) is 12.2. The van der Waals surface area contributed by atoms with E-state index in [4.69, 9.17) is 5.73 Å². The summed E-state index contributed by atoms with van der Waals surface area (Å²) in [7, 11) is 0. The van der Waals surface area contributed by atoms with Crippen LogP contribution in [0.15, 0.2) is 12.1 Å². The minimum Gasteiger partial charge on any atom is -0.389 e. The predicted octanol–water partition coefficient (Wildman–Crippen LogP) is 2.76. The topological polar surface area (TPSA) is 38.0 Å². The molecule has 0 saturated heterocycles. The molecule has 6 heteroatoms. The van der Waals surface area contributed by atoms with Gasteiger partial charge in [0.2, 0.25) is 0 Å². The second-order valence-corrected chi connectivity index (χ2v) is 5.00. The average Bonchev–Trinajstić information content (AvgIpc) is 2.25. The number of nitrogens with one attached hydrogen (secondary N) is 1.